The van der Waals surface area contributed by atoms with Gasteiger partial charge >= 0.3 is 0 Å². The fourth-order valence-corrected chi connectivity index (χ4v) is 2.28. The topological polar surface area (TPSA) is 42.7 Å². The van der Waals surface area contributed by atoms with Gasteiger partial charge in [-0.2, -0.15) is 0 Å². The second kappa shape index (κ2) is 4.72. The van der Waals surface area contributed by atoms with Crippen LogP contribution in [-0.4, -0.2) is 14.8 Å². The standard InChI is InChI=1S/C15H16N4/c1-11(15-18-16-10-19(15)2)17-14-8-7-12-5-3-4-6-13(12)9-14/h3-11,17H,1-2H3. The maximum atomic E-state index is 4.12. The molecule has 1 N–H and O–H groups in total. The average Bonchev–Trinajstić information content (AvgIpc) is 2.85. The number of aryl methyl sites for hydroxylation is 1. The molecular formula is C15H16N4. The lowest BCUT2D eigenvalue weighted by atomic mass is 10.1. The Hall–Kier alpha value is -2.36. The summed E-state index contributed by atoms with van der Waals surface area (Å²) in [5.41, 5.74) is 1.09. The summed E-state index contributed by atoms with van der Waals surface area (Å²) in [5, 5.41) is 14.0. The van der Waals surface area contributed by atoms with Gasteiger partial charge in [0.2, 0.25) is 0 Å². The molecular weight excluding hydrogens is 236 g/mol. The Morgan fingerprint density at radius 3 is 2.63 bits per heavy atom. The maximum absolute atomic E-state index is 4.12. The van der Waals surface area contributed by atoms with E-state index in [1.54, 1.807) is 6.33 Å². The second-order valence-corrected chi connectivity index (χ2v) is 4.73. The molecule has 0 radical (unpaired) electrons. The molecule has 3 rings (SSSR count). The number of anilines is 1. The van der Waals surface area contributed by atoms with Gasteiger partial charge in [-0.05, 0) is 29.8 Å². The molecule has 4 heteroatoms. The molecule has 0 saturated carbocycles. The van der Waals surface area contributed by atoms with E-state index in [1.165, 1.54) is 10.8 Å². The molecule has 1 heterocycles. The quantitative estimate of drug-likeness (QED) is 0.778. The fraction of sp³-hybridized carbons (Fsp3) is 0.200. The van der Waals surface area contributed by atoms with Gasteiger partial charge in [-0.1, -0.05) is 30.3 Å². The normalized spacial score (nSPS) is 12.5. The van der Waals surface area contributed by atoms with Gasteiger partial charge in [-0.15, -0.1) is 10.2 Å². The lowest BCUT2D eigenvalue weighted by Crippen LogP contribution is -2.11. The highest BCUT2D eigenvalue weighted by Gasteiger charge is 2.10. The first kappa shape index (κ1) is 11.7. The lowest BCUT2D eigenvalue weighted by molar-refractivity contribution is 0.719. The summed E-state index contributed by atoms with van der Waals surface area (Å²) in [6.45, 7) is 2.08. The summed E-state index contributed by atoms with van der Waals surface area (Å²) in [5.74, 6) is 0.924. The molecule has 2 aromatic carbocycles. The highest BCUT2D eigenvalue weighted by Crippen LogP contribution is 2.22. The van der Waals surface area contributed by atoms with Crippen molar-refractivity contribution in [3.05, 3.63) is 54.6 Å². The van der Waals surface area contributed by atoms with Crippen molar-refractivity contribution in [2.75, 3.05) is 5.32 Å². The van der Waals surface area contributed by atoms with Crippen LogP contribution in [0, 0.1) is 0 Å². The number of rotatable bonds is 3. The number of aromatic nitrogens is 3. The zero-order valence-corrected chi connectivity index (χ0v) is 11.0. The van der Waals surface area contributed by atoms with E-state index in [-0.39, 0.29) is 6.04 Å². The Labute approximate surface area is 112 Å². The first-order valence-electron chi connectivity index (χ1n) is 6.33. The monoisotopic (exact) mass is 252 g/mol. The number of benzene rings is 2. The summed E-state index contributed by atoms with van der Waals surface area (Å²) in [6.07, 6.45) is 1.72. The largest absolute Gasteiger partial charge is 0.375 e. The molecule has 4 nitrogen and oxygen atoms in total. The van der Waals surface area contributed by atoms with Crippen LogP contribution in [0.5, 0.6) is 0 Å². The molecule has 1 unspecified atom stereocenters. The molecule has 0 aliphatic heterocycles. The summed E-state index contributed by atoms with van der Waals surface area (Å²) in [7, 11) is 1.95. The summed E-state index contributed by atoms with van der Waals surface area (Å²) >= 11 is 0. The smallest absolute Gasteiger partial charge is 0.154 e. The molecule has 3 aromatic rings. The van der Waals surface area contributed by atoms with Gasteiger partial charge < -0.3 is 9.88 Å². The van der Waals surface area contributed by atoms with E-state index in [0.29, 0.717) is 0 Å². The lowest BCUT2D eigenvalue weighted by Gasteiger charge is -2.14. The molecule has 0 aliphatic rings. The molecule has 1 aromatic heterocycles. The Balaban J connectivity index is 1.87. The highest BCUT2D eigenvalue weighted by atomic mass is 15.3. The SMILES string of the molecule is CC(Nc1ccc2ccccc2c1)c1nncn1C. The third kappa shape index (κ3) is 2.29. The molecule has 0 saturated heterocycles. The average molecular weight is 252 g/mol. The van der Waals surface area contributed by atoms with E-state index < -0.39 is 0 Å². The third-order valence-electron chi connectivity index (χ3n) is 3.27. The predicted molar refractivity (Wildman–Crippen MR) is 77.0 cm³/mol. The van der Waals surface area contributed by atoms with Gasteiger partial charge in [0.25, 0.3) is 0 Å². The predicted octanol–water partition coefficient (Wildman–Crippen LogP) is 3.14. The van der Waals surface area contributed by atoms with Crippen molar-refractivity contribution < 1.29 is 0 Å². The van der Waals surface area contributed by atoms with E-state index in [1.807, 2.05) is 11.6 Å². The van der Waals surface area contributed by atoms with E-state index >= 15 is 0 Å². The van der Waals surface area contributed by atoms with Crippen molar-refractivity contribution >= 4 is 16.5 Å². The molecule has 0 spiro atoms. The third-order valence-corrected chi connectivity index (χ3v) is 3.27. The van der Waals surface area contributed by atoms with Gasteiger partial charge in [0.15, 0.2) is 5.82 Å². The van der Waals surface area contributed by atoms with E-state index in [0.717, 1.165) is 11.5 Å². The summed E-state index contributed by atoms with van der Waals surface area (Å²) in [4.78, 5) is 0. The van der Waals surface area contributed by atoms with Crippen molar-refractivity contribution in [3.8, 4) is 0 Å². The first-order valence-corrected chi connectivity index (χ1v) is 6.33. The fourth-order valence-electron chi connectivity index (χ4n) is 2.28. The van der Waals surface area contributed by atoms with Crippen LogP contribution in [0.15, 0.2) is 48.8 Å². The van der Waals surface area contributed by atoms with Crippen molar-refractivity contribution in [1.29, 1.82) is 0 Å². The number of nitrogens with zero attached hydrogens (tertiary/aromatic N) is 3. The van der Waals surface area contributed by atoms with Crippen molar-refractivity contribution in [2.24, 2.45) is 7.05 Å². The van der Waals surface area contributed by atoms with Crippen LogP contribution < -0.4 is 5.32 Å². The summed E-state index contributed by atoms with van der Waals surface area (Å²) in [6, 6.07) is 14.8. The van der Waals surface area contributed by atoms with Crippen molar-refractivity contribution in [1.82, 2.24) is 14.8 Å². The maximum Gasteiger partial charge on any atom is 0.154 e. The van der Waals surface area contributed by atoms with Crippen molar-refractivity contribution in [3.63, 3.8) is 0 Å². The summed E-state index contributed by atoms with van der Waals surface area (Å²) < 4.78 is 1.93. The zero-order chi connectivity index (χ0) is 13.2. The van der Waals surface area contributed by atoms with Gasteiger partial charge in [0.1, 0.15) is 6.33 Å². The highest BCUT2D eigenvalue weighted by molar-refractivity contribution is 5.85. The molecule has 0 fully saturated rings. The molecule has 0 aliphatic carbocycles. The van der Waals surface area contributed by atoms with E-state index in [2.05, 4.69) is 64.9 Å². The number of hydrogen-bond acceptors (Lipinski definition) is 3. The van der Waals surface area contributed by atoms with Crippen LogP contribution in [0.2, 0.25) is 0 Å². The molecule has 0 amide bonds. The Kier molecular flexibility index (Phi) is 2.91. The molecule has 96 valence electrons. The Morgan fingerprint density at radius 2 is 1.89 bits per heavy atom. The van der Waals surface area contributed by atoms with Crippen LogP contribution in [0.4, 0.5) is 5.69 Å². The van der Waals surface area contributed by atoms with Gasteiger partial charge in [0, 0.05) is 12.7 Å². The molecule has 0 bridgehead atoms. The Bertz CT molecular complexity index is 702. The minimum Gasteiger partial charge on any atom is -0.375 e. The number of hydrogen-bond donors (Lipinski definition) is 1. The van der Waals surface area contributed by atoms with E-state index in [9.17, 15) is 0 Å². The first-order chi connectivity index (χ1) is 9.24. The Morgan fingerprint density at radius 1 is 1.11 bits per heavy atom. The van der Waals surface area contributed by atoms with Crippen LogP contribution in [0.1, 0.15) is 18.8 Å². The zero-order valence-electron chi connectivity index (χ0n) is 11.0. The second-order valence-electron chi connectivity index (χ2n) is 4.73. The van der Waals surface area contributed by atoms with Crippen LogP contribution in [0.3, 0.4) is 0 Å². The van der Waals surface area contributed by atoms with Crippen LogP contribution in [0.25, 0.3) is 10.8 Å². The number of fused-ring (bicyclic) bond motifs is 1. The van der Waals surface area contributed by atoms with Crippen molar-refractivity contribution in [2.45, 2.75) is 13.0 Å². The van der Waals surface area contributed by atoms with Crippen LogP contribution in [-0.2, 0) is 7.05 Å². The van der Waals surface area contributed by atoms with Gasteiger partial charge in [-0.25, -0.2) is 0 Å². The van der Waals surface area contributed by atoms with Gasteiger partial charge in [0.05, 0.1) is 6.04 Å². The molecule has 1 atom stereocenters. The number of nitrogens with one attached hydrogen (secondary N) is 1. The minimum absolute atomic E-state index is 0.119. The minimum atomic E-state index is 0.119. The van der Waals surface area contributed by atoms with E-state index in [4.69, 9.17) is 0 Å². The van der Waals surface area contributed by atoms with Gasteiger partial charge in [-0.3, -0.25) is 0 Å². The van der Waals surface area contributed by atoms with Crippen LogP contribution >= 0.6 is 0 Å². The molecule has 19 heavy (non-hydrogen) atoms.